The van der Waals surface area contributed by atoms with Gasteiger partial charge in [-0.2, -0.15) is 0 Å². The number of fused-ring (bicyclic) bond motifs is 1. The van der Waals surface area contributed by atoms with Crippen molar-refractivity contribution in [3.63, 3.8) is 0 Å². The van der Waals surface area contributed by atoms with Gasteiger partial charge in [0.05, 0.1) is 0 Å². The molecule has 0 saturated heterocycles. The Kier molecular flexibility index (Phi) is 3.88. The summed E-state index contributed by atoms with van der Waals surface area (Å²) in [6.07, 6.45) is 8.57. The Morgan fingerprint density at radius 3 is 2.55 bits per heavy atom. The first-order valence-corrected chi connectivity index (χ1v) is 7.61. The van der Waals surface area contributed by atoms with Crippen LogP contribution in [-0.4, -0.2) is 18.1 Å². The molecule has 3 heteroatoms. The summed E-state index contributed by atoms with van der Waals surface area (Å²) in [6, 6.07) is 9.10. The lowest BCUT2D eigenvalue weighted by Gasteiger charge is -2.33. The SMILES string of the molecule is CN(c1ncc(CN)c2ccccc12)C1CCCCC1. The Bertz CT molecular complexity index is 588. The molecule has 0 amide bonds. The van der Waals surface area contributed by atoms with Gasteiger partial charge in [0.25, 0.3) is 0 Å². The van der Waals surface area contributed by atoms with E-state index in [-0.39, 0.29) is 0 Å². The van der Waals surface area contributed by atoms with Crippen molar-refractivity contribution in [2.24, 2.45) is 5.73 Å². The Morgan fingerprint density at radius 2 is 1.85 bits per heavy atom. The molecule has 3 rings (SSSR count). The van der Waals surface area contributed by atoms with Crippen LogP contribution in [0.1, 0.15) is 37.7 Å². The highest BCUT2D eigenvalue weighted by molar-refractivity contribution is 5.94. The van der Waals surface area contributed by atoms with Gasteiger partial charge in [0.15, 0.2) is 0 Å². The maximum absolute atomic E-state index is 5.83. The van der Waals surface area contributed by atoms with Crippen LogP contribution in [0.5, 0.6) is 0 Å². The monoisotopic (exact) mass is 269 g/mol. The normalized spacial score (nSPS) is 16.5. The van der Waals surface area contributed by atoms with E-state index in [1.54, 1.807) is 0 Å². The zero-order chi connectivity index (χ0) is 13.9. The quantitative estimate of drug-likeness (QED) is 0.927. The fourth-order valence-electron chi connectivity index (χ4n) is 3.32. The van der Waals surface area contributed by atoms with Crippen molar-refractivity contribution in [3.05, 3.63) is 36.0 Å². The molecule has 2 aromatic rings. The van der Waals surface area contributed by atoms with Gasteiger partial charge in [0, 0.05) is 31.2 Å². The van der Waals surface area contributed by atoms with Crippen molar-refractivity contribution in [3.8, 4) is 0 Å². The fraction of sp³-hybridized carbons (Fsp3) is 0.471. The topological polar surface area (TPSA) is 42.2 Å². The second-order valence-electron chi connectivity index (χ2n) is 5.76. The van der Waals surface area contributed by atoms with E-state index in [0.29, 0.717) is 12.6 Å². The largest absolute Gasteiger partial charge is 0.356 e. The highest BCUT2D eigenvalue weighted by Crippen LogP contribution is 2.31. The maximum atomic E-state index is 5.83. The van der Waals surface area contributed by atoms with Crippen molar-refractivity contribution < 1.29 is 0 Å². The number of nitrogens with two attached hydrogens (primary N) is 1. The summed E-state index contributed by atoms with van der Waals surface area (Å²) >= 11 is 0. The maximum Gasteiger partial charge on any atom is 0.136 e. The van der Waals surface area contributed by atoms with E-state index in [1.165, 1.54) is 42.9 Å². The molecule has 3 nitrogen and oxygen atoms in total. The smallest absolute Gasteiger partial charge is 0.136 e. The van der Waals surface area contributed by atoms with Crippen molar-refractivity contribution in [1.29, 1.82) is 0 Å². The molecule has 2 N–H and O–H groups in total. The van der Waals surface area contributed by atoms with E-state index in [9.17, 15) is 0 Å². The van der Waals surface area contributed by atoms with Gasteiger partial charge < -0.3 is 10.6 Å². The molecule has 1 saturated carbocycles. The molecule has 1 aromatic carbocycles. The Hall–Kier alpha value is -1.61. The van der Waals surface area contributed by atoms with Crippen molar-refractivity contribution in [2.45, 2.75) is 44.7 Å². The second kappa shape index (κ2) is 5.80. The molecule has 1 heterocycles. The number of benzene rings is 1. The molecular weight excluding hydrogens is 246 g/mol. The third-order valence-corrected chi connectivity index (χ3v) is 4.53. The van der Waals surface area contributed by atoms with Crippen LogP contribution in [0.3, 0.4) is 0 Å². The minimum Gasteiger partial charge on any atom is -0.356 e. The van der Waals surface area contributed by atoms with Gasteiger partial charge in [-0.1, -0.05) is 43.5 Å². The standard InChI is InChI=1S/C17H23N3/c1-20(14-7-3-2-4-8-14)17-16-10-6-5-9-15(16)13(11-18)12-19-17/h5-6,9-10,12,14H,2-4,7-8,11,18H2,1H3. The third-order valence-electron chi connectivity index (χ3n) is 4.53. The van der Waals surface area contributed by atoms with Crippen LogP contribution in [-0.2, 0) is 6.54 Å². The number of pyridine rings is 1. The average molecular weight is 269 g/mol. The summed E-state index contributed by atoms with van der Waals surface area (Å²) in [5.41, 5.74) is 6.96. The summed E-state index contributed by atoms with van der Waals surface area (Å²) < 4.78 is 0. The fourth-order valence-corrected chi connectivity index (χ4v) is 3.32. The van der Waals surface area contributed by atoms with Crippen molar-refractivity contribution >= 4 is 16.6 Å². The number of hydrogen-bond donors (Lipinski definition) is 1. The Morgan fingerprint density at radius 1 is 1.15 bits per heavy atom. The van der Waals surface area contributed by atoms with Crippen LogP contribution in [0.2, 0.25) is 0 Å². The second-order valence-corrected chi connectivity index (χ2v) is 5.76. The molecular formula is C17H23N3. The van der Waals surface area contributed by atoms with Gasteiger partial charge >= 0.3 is 0 Å². The summed E-state index contributed by atoms with van der Waals surface area (Å²) in [4.78, 5) is 7.08. The lowest BCUT2D eigenvalue weighted by molar-refractivity contribution is 0.426. The summed E-state index contributed by atoms with van der Waals surface area (Å²) in [6.45, 7) is 0.543. The van der Waals surface area contributed by atoms with Crippen LogP contribution in [0, 0.1) is 0 Å². The van der Waals surface area contributed by atoms with Gasteiger partial charge in [-0.05, 0) is 23.8 Å². The van der Waals surface area contributed by atoms with E-state index in [0.717, 1.165) is 11.4 Å². The van der Waals surface area contributed by atoms with E-state index >= 15 is 0 Å². The van der Waals surface area contributed by atoms with Crippen molar-refractivity contribution in [1.82, 2.24) is 4.98 Å². The number of rotatable bonds is 3. The molecule has 0 atom stereocenters. The zero-order valence-corrected chi connectivity index (χ0v) is 12.2. The first-order valence-electron chi connectivity index (χ1n) is 7.61. The third kappa shape index (κ3) is 2.38. The van der Waals surface area contributed by atoms with Crippen LogP contribution in [0.25, 0.3) is 10.8 Å². The van der Waals surface area contributed by atoms with E-state index < -0.39 is 0 Å². The van der Waals surface area contributed by atoms with Crippen LogP contribution in [0.4, 0.5) is 5.82 Å². The number of aromatic nitrogens is 1. The molecule has 106 valence electrons. The molecule has 1 aromatic heterocycles. The van der Waals surface area contributed by atoms with Crippen LogP contribution in [0.15, 0.2) is 30.5 Å². The van der Waals surface area contributed by atoms with E-state index in [1.807, 2.05) is 6.20 Å². The van der Waals surface area contributed by atoms with Gasteiger partial charge in [-0.3, -0.25) is 0 Å². The van der Waals surface area contributed by atoms with E-state index in [2.05, 4.69) is 36.2 Å². The highest BCUT2D eigenvalue weighted by atomic mass is 15.2. The van der Waals surface area contributed by atoms with Crippen LogP contribution < -0.4 is 10.6 Å². The van der Waals surface area contributed by atoms with Gasteiger partial charge in [0.2, 0.25) is 0 Å². The predicted molar refractivity (Wildman–Crippen MR) is 84.9 cm³/mol. The molecule has 0 bridgehead atoms. The molecule has 1 aliphatic rings. The van der Waals surface area contributed by atoms with E-state index in [4.69, 9.17) is 10.7 Å². The molecule has 1 fully saturated rings. The first-order chi connectivity index (χ1) is 9.81. The number of hydrogen-bond acceptors (Lipinski definition) is 3. The zero-order valence-electron chi connectivity index (χ0n) is 12.2. The molecule has 1 aliphatic carbocycles. The number of nitrogens with zero attached hydrogens (tertiary/aromatic N) is 2. The molecule has 0 spiro atoms. The first kappa shape index (κ1) is 13.4. The lowest BCUT2D eigenvalue weighted by atomic mass is 9.94. The Labute approximate surface area is 120 Å². The highest BCUT2D eigenvalue weighted by Gasteiger charge is 2.20. The molecule has 0 unspecified atom stereocenters. The molecule has 0 aliphatic heterocycles. The number of anilines is 1. The van der Waals surface area contributed by atoms with Crippen molar-refractivity contribution in [2.75, 3.05) is 11.9 Å². The Balaban J connectivity index is 2.02. The summed E-state index contributed by atoms with van der Waals surface area (Å²) in [7, 11) is 2.19. The van der Waals surface area contributed by atoms with Gasteiger partial charge in [-0.15, -0.1) is 0 Å². The molecule has 20 heavy (non-hydrogen) atoms. The van der Waals surface area contributed by atoms with Gasteiger partial charge in [0.1, 0.15) is 5.82 Å². The predicted octanol–water partition coefficient (Wildman–Crippen LogP) is 3.46. The lowest BCUT2D eigenvalue weighted by Crippen LogP contribution is -2.34. The van der Waals surface area contributed by atoms with Gasteiger partial charge in [-0.25, -0.2) is 4.98 Å². The minimum atomic E-state index is 0.543. The van der Waals surface area contributed by atoms with Crippen LogP contribution >= 0.6 is 0 Å². The minimum absolute atomic E-state index is 0.543. The average Bonchev–Trinajstić information content (AvgIpc) is 2.54. The summed E-state index contributed by atoms with van der Waals surface area (Å²) in [5.74, 6) is 1.10. The molecule has 0 radical (unpaired) electrons. The summed E-state index contributed by atoms with van der Waals surface area (Å²) in [5, 5.41) is 2.46.